The first-order valence-corrected chi connectivity index (χ1v) is 29.2. The molecule has 0 saturated heterocycles. The average Bonchev–Trinajstić information content (AvgIpc) is 3.94. The summed E-state index contributed by atoms with van der Waals surface area (Å²) >= 11 is 0. The van der Waals surface area contributed by atoms with Crippen molar-refractivity contribution in [2.75, 3.05) is 13.2 Å². The van der Waals surface area contributed by atoms with Crippen LogP contribution in [0.15, 0.2) is 48.8 Å². The molecule has 8 aliphatic rings. The number of carbonyl (C=O) groups is 4. The summed E-state index contributed by atoms with van der Waals surface area (Å²) in [5.41, 5.74) is 2.03. The van der Waals surface area contributed by atoms with Crippen LogP contribution in [0, 0.1) is 92.7 Å². The first-order valence-electron chi connectivity index (χ1n) is 29.2. The van der Waals surface area contributed by atoms with E-state index in [2.05, 4.69) is 51.5 Å². The Balaban J connectivity index is 0.618. The van der Waals surface area contributed by atoms with Crippen LogP contribution in [-0.2, 0) is 28.5 Å². The van der Waals surface area contributed by atoms with Crippen LogP contribution in [0.4, 0.5) is 0 Å². The summed E-state index contributed by atoms with van der Waals surface area (Å²) in [5, 5.41) is 0. The van der Waals surface area contributed by atoms with Crippen molar-refractivity contribution in [2.45, 2.75) is 195 Å². The van der Waals surface area contributed by atoms with Gasteiger partial charge in [-0.25, -0.2) is 19.6 Å². The van der Waals surface area contributed by atoms with Crippen LogP contribution in [0.3, 0.4) is 0 Å². The third kappa shape index (κ3) is 9.82. The van der Waals surface area contributed by atoms with Crippen LogP contribution in [0.5, 0.6) is 0 Å². The zero-order valence-electron chi connectivity index (χ0n) is 44.8. The van der Waals surface area contributed by atoms with Gasteiger partial charge in [-0.3, -0.25) is 9.59 Å². The summed E-state index contributed by atoms with van der Waals surface area (Å²) in [7, 11) is 0. The Kier molecular flexibility index (Phi) is 15.1. The van der Waals surface area contributed by atoms with Gasteiger partial charge in [-0.05, 0) is 245 Å². The molecule has 10 rings (SSSR count). The molecule has 2 aromatic rings. The zero-order chi connectivity index (χ0) is 50.4. The molecule has 0 spiro atoms. The molecule has 0 radical (unpaired) electrons. The van der Waals surface area contributed by atoms with E-state index in [1.807, 2.05) is 24.3 Å². The molecule has 8 aliphatic carbocycles. The van der Waals surface area contributed by atoms with Crippen molar-refractivity contribution in [3.05, 3.63) is 60.2 Å². The summed E-state index contributed by atoms with van der Waals surface area (Å²) in [6.45, 7) is 15.3. The Morgan fingerprint density at radius 2 is 0.917 bits per heavy atom. The highest BCUT2D eigenvalue weighted by Crippen LogP contribution is 2.70. The van der Waals surface area contributed by atoms with Gasteiger partial charge < -0.3 is 18.9 Å². The van der Waals surface area contributed by atoms with Crippen LogP contribution >= 0.6 is 0 Å². The summed E-state index contributed by atoms with van der Waals surface area (Å²) in [6, 6.07) is 10.8. The minimum absolute atomic E-state index is 0.0179. The molecule has 8 fully saturated rings. The monoisotopic (exact) mass is 989 g/mol. The van der Waals surface area contributed by atoms with Crippen molar-refractivity contribution in [1.82, 2.24) is 9.97 Å². The molecule has 0 aliphatic heterocycles. The summed E-state index contributed by atoms with van der Waals surface area (Å²) < 4.78 is 23.4. The lowest BCUT2D eigenvalue weighted by molar-refractivity contribution is -0.153. The Morgan fingerprint density at radius 1 is 0.514 bits per heavy atom. The third-order valence-electron chi connectivity index (χ3n) is 23.3. The average molecular weight is 989 g/mol. The summed E-state index contributed by atoms with van der Waals surface area (Å²) in [6.07, 6.45) is 27.1. The molecule has 0 aromatic carbocycles. The van der Waals surface area contributed by atoms with E-state index < -0.39 is 0 Å². The van der Waals surface area contributed by atoms with E-state index in [0.717, 1.165) is 86.9 Å². The van der Waals surface area contributed by atoms with Crippen molar-refractivity contribution in [1.29, 1.82) is 0 Å². The highest BCUT2D eigenvalue weighted by atomic mass is 16.6. The highest BCUT2D eigenvalue weighted by molar-refractivity contribution is 5.87. The molecule has 72 heavy (non-hydrogen) atoms. The van der Waals surface area contributed by atoms with Gasteiger partial charge in [-0.15, -0.1) is 0 Å². The van der Waals surface area contributed by atoms with Crippen molar-refractivity contribution >= 4 is 23.9 Å². The van der Waals surface area contributed by atoms with Crippen LogP contribution in [0.2, 0.25) is 0 Å². The van der Waals surface area contributed by atoms with Gasteiger partial charge in [0, 0.05) is 25.2 Å². The first-order chi connectivity index (χ1) is 34.6. The van der Waals surface area contributed by atoms with Gasteiger partial charge in [0.2, 0.25) is 0 Å². The molecule has 394 valence electrons. The van der Waals surface area contributed by atoms with Gasteiger partial charge in [-0.1, -0.05) is 53.7 Å². The van der Waals surface area contributed by atoms with Crippen LogP contribution < -0.4 is 0 Å². The normalized spacial score (nSPS) is 40.6. The molecular weight excluding hydrogens is 901 g/mol. The Hall–Kier alpha value is -3.82. The fourth-order valence-electron chi connectivity index (χ4n) is 19.5. The molecule has 2 heterocycles. The van der Waals surface area contributed by atoms with Gasteiger partial charge in [0.15, 0.2) is 0 Å². The topological polar surface area (TPSA) is 131 Å². The fourth-order valence-corrected chi connectivity index (χ4v) is 19.5. The highest BCUT2D eigenvalue weighted by Gasteiger charge is 2.62. The number of fused-ring (bicyclic) bond motifs is 10. The lowest BCUT2D eigenvalue weighted by Crippen LogP contribution is -2.54. The molecule has 10 heteroatoms. The van der Waals surface area contributed by atoms with Gasteiger partial charge >= 0.3 is 23.9 Å². The number of esters is 4. The van der Waals surface area contributed by atoms with Crippen molar-refractivity contribution in [3.63, 3.8) is 0 Å². The predicted octanol–water partition coefficient (Wildman–Crippen LogP) is 13.5. The Bertz CT molecular complexity index is 2080. The summed E-state index contributed by atoms with van der Waals surface area (Å²) in [4.78, 5) is 60.2. The second kappa shape index (κ2) is 21.1. The van der Waals surface area contributed by atoms with Gasteiger partial charge in [0.25, 0.3) is 0 Å². The number of nitrogens with zero attached hydrogens (tertiary/aromatic N) is 2. The summed E-state index contributed by atoms with van der Waals surface area (Å²) in [5.74, 6) is 6.87. The molecule has 0 amide bonds. The number of hydrogen-bond acceptors (Lipinski definition) is 10. The van der Waals surface area contributed by atoms with Gasteiger partial charge in [0.05, 0.1) is 0 Å². The van der Waals surface area contributed by atoms with Crippen LogP contribution in [0.25, 0.3) is 0 Å². The molecular formula is C62H88N2O8. The standard InChI is InChI=1S/C62H88N2O8/c1-39(47-19-21-49-45-17-15-41-37-43(71-57(67)53-11-7-9-33-63-53)25-29-59(41,3)51(45)27-31-61(47,49)5)13-23-55(65)69-35-36-70-56(66)24-14-40(2)48-20-22-50-46-18-16-42-38-44(72-58(68)54-12-8-10-34-64-54)26-30-60(42,4)52(46)28-32-62(48,50)6/h7-12,33-34,39-52H,13-32,35-38H2,1-6H3/t39-,40-,41-,42-,43-,44-,45+,46+,47-,48-,49+,50+,51+,52+,59+,60+,61-,62-/m1/s1. The lowest BCUT2D eigenvalue weighted by Gasteiger charge is -2.61. The number of carbonyl (C=O) groups excluding carboxylic acids is 4. The lowest BCUT2D eigenvalue weighted by atomic mass is 9.44. The zero-order valence-corrected chi connectivity index (χ0v) is 44.8. The molecule has 18 atom stereocenters. The molecule has 8 saturated carbocycles. The fraction of sp³-hybridized carbons (Fsp3) is 0.774. The first kappa shape index (κ1) is 51.7. The predicted molar refractivity (Wildman–Crippen MR) is 276 cm³/mol. The largest absolute Gasteiger partial charge is 0.462 e. The second-order valence-corrected chi connectivity index (χ2v) is 26.3. The van der Waals surface area contributed by atoms with Crippen molar-refractivity contribution < 1.29 is 38.1 Å². The van der Waals surface area contributed by atoms with Gasteiger partial charge in [0.1, 0.15) is 36.8 Å². The third-order valence-corrected chi connectivity index (χ3v) is 23.3. The van der Waals surface area contributed by atoms with Crippen LogP contribution in [-0.4, -0.2) is 59.3 Å². The van der Waals surface area contributed by atoms with Crippen LogP contribution in [0.1, 0.15) is 204 Å². The van der Waals surface area contributed by atoms with Crippen molar-refractivity contribution in [2.24, 2.45) is 92.7 Å². The SMILES string of the molecule is C[C@H](CCC(=O)OCCOC(=O)CC[C@@H](C)[C@H]1CC[C@H]2[C@@H]3CC[C@@H]4C[C@H](OC(=O)c5ccccn5)CC[C@]4(C)[C@H]3CC[C@]12C)[C@H]1CC[C@H]2[C@@H]3CC[C@@H]4C[C@H](OC(=O)c5ccccn5)CC[C@]4(C)[C@H]3CC[C@]12C. The van der Waals surface area contributed by atoms with E-state index in [9.17, 15) is 19.2 Å². The number of rotatable bonds is 15. The minimum atomic E-state index is -0.291. The van der Waals surface area contributed by atoms with Gasteiger partial charge in [-0.2, -0.15) is 0 Å². The number of aromatic nitrogens is 2. The van der Waals surface area contributed by atoms with Crippen molar-refractivity contribution in [3.8, 4) is 0 Å². The molecule has 2 aromatic heterocycles. The maximum Gasteiger partial charge on any atom is 0.357 e. The van der Waals surface area contributed by atoms with E-state index in [4.69, 9.17) is 18.9 Å². The Morgan fingerprint density at radius 3 is 1.32 bits per heavy atom. The van der Waals surface area contributed by atoms with E-state index in [1.54, 1.807) is 24.5 Å². The van der Waals surface area contributed by atoms with E-state index in [-0.39, 0.29) is 49.3 Å². The minimum Gasteiger partial charge on any atom is -0.462 e. The number of pyridine rings is 2. The molecule has 0 unspecified atom stereocenters. The molecule has 0 N–H and O–H groups in total. The maximum atomic E-state index is 13.0. The van der Waals surface area contributed by atoms with E-state index in [1.165, 1.54) is 77.0 Å². The molecule has 0 bridgehead atoms. The molecule has 10 nitrogen and oxygen atoms in total. The number of hydrogen-bond donors (Lipinski definition) is 0. The maximum absolute atomic E-state index is 13.0. The second-order valence-electron chi connectivity index (χ2n) is 26.3. The smallest absolute Gasteiger partial charge is 0.357 e. The van der Waals surface area contributed by atoms with E-state index >= 15 is 0 Å². The van der Waals surface area contributed by atoms with E-state index in [0.29, 0.717) is 81.4 Å². The Labute approximate surface area is 431 Å². The number of ether oxygens (including phenoxy) is 4. The quantitative estimate of drug-likeness (QED) is 0.0965.